The van der Waals surface area contributed by atoms with E-state index in [0.29, 0.717) is 6.67 Å². The molecule has 0 aliphatic rings. The smallest absolute Gasteiger partial charge is 0.144 e. The summed E-state index contributed by atoms with van der Waals surface area (Å²) in [5, 5.41) is 14.6. The SMILES string of the molecule is C=C=C(NC)NCNc1cc2ccccc2c2ccccc12. The van der Waals surface area contributed by atoms with Crippen LogP contribution in [0, 0.1) is 0 Å². The van der Waals surface area contributed by atoms with Gasteiger partial charge in [-0.2, -0.15) is 0 Å². The number of anilines is 1. The van der Waals surface area contributed by atoms with E-state index in [1.807, 2.05) is 7.05 Å². The standard InChI is InChI=1S/C19H19N3/c1-3-19(20-2)22-13-21-18-12-14-8-4-5-9-15(14)16-10-6-7-11-17(16)18/h4-12,20-22H,1,13H2,2H3. The average molecular weight is 289 g/mol. The molecule has 0 bridgehead atoms. The van der Waals surface area contributed by atoms with Crippen LogP contribution in [-0.4, -0.2) is 13.7 Å². The van der Waals surface area contributed by atoms with Gasteiger partial charge in [0.15, 0.2) is 0 Å². The summed E-state index contributed by atoms with van der Waals surface area (Å²) < 4.78 is 0. The summed E-state index contributed by atoms with van der Waals surface area (Å²) >= 11 is 0. The Balaban J connectivity index is 1.99. The molecule has 3 N–H and O–H groups in total. The molecule has 3 aromatic carbocycles. The molecule has 0 saturated carbocycles. The predicted octanol–water partition coefficient (Wildman–Crippen LogP) is 3.80. The van der Waals surface area contributed by atoms with E-state index >= 15 is 0 Å². The predicted molar refractivity (Wildman–Crippen MR) is 94.8 cm³/mol. The molecule has 22 heavy (non-hydrogen) atoms. The normalized spacial score (nSPS) is 10.2. The monoisotopic (exact) mass is 289 g/mol. The van der Waals surface area contributed by atoms with Gasteiger partial charge in [-0.25, -0.2) is 0 Å². The first kappa shape index (κ1) is 14.1. The quantitative estimate of drug-likeness (QED) is 0.380. The van der Waals surface area contributed by atoms with Crippen LogP contribution in [0.2, 0.25) is 0 Å². The van der Waals surface area contributed by atoms with Crippen molar-refractivity contribution in [1.82, 2.24) is 10.6 Å². The Bertz CT molecular complexity index is 861. The minimum Gasteiger partial charge on any atom is -0.368 e. The van der Waals surface area contributed by atoms with E-state index < -0.39 is 0 Å². The molecule has 0 aliphatic heterocycles. The van der Waals surface area contributed by atoms with Crippen LogP contribution >= 0.6 is 0 Å². The van der Waals surface area contributed by atoms with Crippen LogP contribution in [0.5, 0.6) is 0 Å². The number of hydrogen-bond acceptors (Lipinski definition) is 3. The second-order valence-electron chi connectivity index (χ2n) is 5.02. The average Bonchev–Trinajstić information content (AvgIpc) is 2.59. The maximum absolute atomic E-state index is 3.63. The van der Waals surface area contributed by atoms with Gasteiger partial charge in [0.05, 0.1) is 6.67 Å². The van der Waals surface area contributed by atoms with E-state index in [0.717, 1.165) is 11.5 Å². The number of benzene rings is 3. The summed E-state index contributed by atoms with van der Waals surface area (Å²) in [6.45, 7) is 4.23. The van der Waals surface area contributed by atoms with Crippen molar-refractivity contribution in [2.75, 3.05) is 19.0 Å². The van der Waals surface area contributed by atoms with Gasteiger partial charge < -0.3 is 16.0 Å². The molecule has 0 amide bonds. The highest BCUT2D eigenvalue weighted by Crippen LogP contribution is 2.31. The van der Waals surface area contributed by atoms with Crippen molar-refractivity contribution in [3.63, 3.8) is 0 Å². The van der Waals surface area contributed by atoms with Crippen LogP contribution < -0.4 is 16.0 Å². The van der Waals surface area contributed by atoms with Gasteiger partial charge in [-0.05, 0) is 22.2 Å². The first-order chi connectivity index (χ1) is 10.8. The van der Waals surface area contributed by atoms with Crippen molar-refractivity contribution in [1.29, 1.82) is 0 Å². The highest BCUT2D eigenvalue weighted by Gasteiger charge is 2.05. The number of fused-ring (bicyclic) bond motifs is 3. The minimum absolute atomic E-state index is 0.598. The van der Waals surface area contributed by atoms with Crippen LogP contribution in [-0.2, 0) is 0 Å². The van der Waals surface area contributed by atoms with Crippen LogP contribution in [0.15, 0.2) is 72.7 Å². The fraction of sp³-hybridized carbons (Fsp3) is 0.105. The van der Waals surface area contributed by atoms with E-state index in [-0.39, 0.29) is 0 Å². The largest absolute Gasteiger partial charge is 0.368 e. The van der Waals surface area contributed by atoms with E-state index in [4.69, 9.17) is 0 Å². The van der Waals surface area contributed by atoms with Crippen molar-refractivity contribution in [3.8, 4) is 0 Å². The third-order valence-corrected chi connectivity index (χ3v) is 3.74. The third-order valence-electron chi connectivity index (χ3n) is 3.74. The molecule has 0 spiro atoms. The fourth-order valence-corrected chi connectivity index (χ4v) is 2.67. The molecule has 3 aromatic rings. The van der Waals surface area contributed by atoms with E-state index in [9.17, 15) is 0 Å². The lowest BCUT2D eigenvalue weighted by atomic mass is 10.0. The summed E-state index contributed by atoms with van der Waals surface area (Å²) in [5.74, 6) is 0.776. The van der Waals surface area contributed by atoms with Gasteiger partial charge in [-0.1, -0.05) is 60.8 Å². The highest BCUT2D eigenvalue weighted by molar-refractivity contribution is 6.12. The van der Waals surface area contributed by atoms with Crippen molar-refractivity contribution >= 4 is 27.2 Å². The zero-order chi connectivity index (χ0) is 15.4. The van der Waals surface area contributed by atoms with Gasteiger partial charge in [0.1, 0.15) is 5.82 Å². The molecular weight excluding hydrogens is 270 g/mol. The second kappa shape index (κ2) is 6.25. The maximum atomic E-state index is 3.63. The summed E-state index contributed by atoms with van der Waals surface area (Å²) in [5.41, 5.74) is 3.92. The van der Waals surface area contributed by atoms with E-state index in [1.54, 1.807) is 0 Å². The molecule has 0 radical (unpaired) electrons. The molecule has 3 rings (SSSR count). The van der Waals surface area contributed by atoms with Crippen molar-refractivity contribution < 1.29 is 0 Å². The van der Waals surface area contributed by atoms with Gasteiger partial charge >= 0.3 is 0 Å². The van der Waals surface area contributed by atoms with E-state index in [1.165, 1.54) is 21.5 Å². The molecule has 0 heterocycles. The summed E-state index contributed by atoms with van der Waals surface area (Å²) in [4.78, 5) is 0. The van der Waals surface area contributed by atoms with Crippen LogP contribution in [0.4, 0.5) is 5.69 Å². The fourth-order valence-electron chi connectivity index (χ4n) is 2.67. The zero-order valence-electron chi connectivity index (χ0n) is 12.6. The summed E-state index contributed by atoms with van der Waals surface area (Å²) in [6, 6.07) is 19.1. The Morgan fingerprint density at radius 2 is 1.68 bits per heavy atom. The molecule has 3 nitrogen and oxygen atoms in total. The Morgan fingerprint density at radius 3 is 2.41 bits per heavy atom. The van der Waals surface area contributed by atoms with Crippen molar-refractivity contribution in [2.45, 2.75) is 0 Å². The Kier molecular flexibility index (Phi) is 3.99. The highest BCUT2D eigenvalue weighted by atomic mass is 15.1. The molecule has 0 aromatic heterocycles. The minimum atomic E-state index is 0.598. The molecule has 0 unspecified atom stereocenters. The van der Waals surface area contributed by atoms with Gasteiger partial charge in [0.2, 0.25) is 0 Å². The first-order valence-corrected chi connectivity index (χ1v) is 7.29. The number of nitrogens with one attached hydrogen (secondary N) is 3. The Hall–Kier alpha value is -2.90. The lowest BCUT2D eigenvalue weighted by Gasteiger charge is -2.14. The molecule has 3 heteroatoms. The molecular formula is C19H19N3. The molecule has 110 valence electrons. The zero-order valence-corrected chi connectivity index (χ0v) is 12.6. The van der Waals surface area contributed by atoms with Crippen molar-refractivity contribution in [2.24, 2.45) is 0 Å². The lowest BCUT2D eigenvalue weighted by molar-refractivity contribution is 0.776. The molecule has 0 fully saturated rings. The van der Waals surface area contributed by atoms with Crippen LogP contribution in [0.3, 0.4) is 0 Å². The summed E-state index contributed by atoms with van der Waals surface area (Å²) in [6.07, 6.45) is 0. The lowest BCUT2D eigenvalue weighted by Crippen LogP contribution is -2.27. The summed E-state index contributed by atoms with van der Waals surface area (Å²) in [7, 11) is 1.84. The van der Waals surface area contributed by atoms with Crippen LogP contribution in [0.25, 0.3) is 21.5 Å². The van der Waals surface area contributed by atoms with Crippen molar-refractivity contribution in [3.05, 3.63) is 72.7 Å². The van der Waals surface area contributed by atoms with Gasteiger partial charge in [-0.15, -0.1) is 0 Å². The van der Waals surface area contributed by atoms with Gasteiger partial charge in [0, 0.05) is 18.1 Å². The molecule has 0 saturated heterocycles. The number of rotatable bonds is 5. The molecule has 0 aliphatic carbocycles. The first-order valence-electron chi connectivity index (χ1n) is 7.29. The topological polar surface area (TPSA) is 36.1 Å². The maximum Gasteiger partial charge on any atom is 0.144 e. The van der Waals surface area contributed by atoms with Gasteiger partial charge in [0.25, 0.3) is 0 Å². The number of hydrogen-bond donors (Lipinski definition) is 3. The Labute approximate surface area is 130 Å². The molecule has 0 atom stereocenters. The van der Waals surface area contributed by atoms with Crippen LogP contribution in [0.1, 0.15) is 0 Å². The Morgan fingerprint density at radius 1 is 1.00 bits per heavy atom. The third kappa shape index (κ3) is 2.62. The van der Waals surface area contributed by atoms with Gasteiger partial charge in [-0.3, -0.25) is 0 Å². The second-order valence-corrected chi connectivity index (χ2v) is 5.02. The van der Waals surface area contributed by atoms with E-state index in [2.05, 4.69) is 82.9 Å².